The summed E-state index contributed by atoms with van der Waals surface area (Å²) in [6, 6.07) is 8.91. The van der Waals surface area contributed by atoms with E-state index in [0.29, 0.717) is 5.54 Å². The molecule has 2 heteroatoms. The maximum atomic E-state index is 3.58. The van der Waals surface area contributed by atoms with Gasteiger partial charge in [-0.05, 0) is 58.9 Å². The number of rotatable bonds is 3. The van der Waals surface area contributed by atoms with E-state index in [1.54, 1.807) is 0 Å². The van der Waals surface area contributed by atoms with Crippen molar-refractivity contribution in [2.24, 2.45) is 0 Å². The maximum absolute atomic E-state index is 3.58. The van der Waals surface area contributed by atoms with Gasteiger partial charge >= 0.3 is 0 Å². The number of benzene rings is 1. The van der Waals surface area contributed by atoms with Crippen LogP contribution in [0.5, 0.6) is 0 Å². The van der Waals surface area contributed by atoms with E-state index in [-0.39, 0.29) is 0 Å². The number of likely N-dealkylation sites (N-methyl/N-ethyl adjacent to an activating group) is 1. The van der Waals surface area contributed by atoms with E-state index in [0.717, 1.165) is 6.42 Å². The minimum absolute atomic E-state index is 0.306. The van der Waals surface area contributed by atoms with Gasteiger partial charge in [0.25, 0.3) is 0 Å². The lowest BCUT2D eigenvalue weighted by molar-refractivity contribution is 0.163. The number of hydrogen-bond donors (Lipinski definition) is 1. The maximum Gasteiger partial charge on any atom is 0.0243 e. The quantitative estimate of drug-likeness (QED) is 0.859. The summed E-state index contributed by atoms with van der Waals surface area (Å²) >= 11 is 0. The van der Waals surface area contributed by atoms with E-state index in [4.69, 9.17) is 0 Å². The molecule has 0 amide bonds. The molecule has 2 nitrogen and oxygen atoms in total. The van der Waals surface area contributed by atoms with Crippen molar-refractivity contribution in [1.82, 2.24) is 10.2 Å². The highest BCUT2D eigenvalue weighted by molar-refractivity contribution is 5.24. The topological polar surface area (TPSA) is 15.3 Å². The van der Waals surface area contributed by atoms with Gasteiger partial charge in [0.05, 0.1) is 0 Å². The molecule has 1 aromatic rings. The molecule has 1 saturated heterocycles. The van der Waals surface area contributed by atoms with Crippen molar-refractivity contribution in [1.29, 1.82) is 0 Å². The lowest BCUT2D eigenvalue weighted by Crippen LogP contribution is -2.52. The summed E-state index contributed by atoms with van der Waals surface area (Å²) in [6.45, 7) is 4.57. The van der Waals surface area contributed by atoms with Crippen molar-refractivity contribution in [2.45, 2.75) is 31.7 Å². The van der Waals surface area contributed by atoms with Crippen molar-refractivity contribution in [3.05, 3.63) is 35.4 Å². The fourth-order valence-electron chi connectivity index (χ4n) is 2.77. The first kappa shape index (κ1) is 12.6. The molecule has 0 bridgehead atoms. The van der Waals surface area contributed by atoms with E-state index in [9.17, 15) is 0 Å². The molecule has 0 spiro atoms. The van der Waals surface area contributed by atoms with Crippen LogP contribution in [-0.2, 0) is 6.42 Å². The molecule has 1 aromatic carbocycles. The molecular weight excluding hydrogens is 208 g/mol. The summed E-state index contributed by atoms with van der Waals surface area (Å²) in [7, 11) is 4.33. The zero-order valence-electron chi connectivity index (χ0n) is 11.3. The number of likely N-dealkylation sites (tertiary alicyclic amines) is 1. The second-order valence-electron chi connectivity index (χ2n) is 5.50. The van der Waals surface area contributed by atoms with Crippen molar-refractivity contribution >= 4 is 0 Å². The predicted molar refractivity (Wildman–Crippen MR) is 73.4 cm³/mol. The normalized spacial score (nSPS) is 20.4. The Hall–Kier alpha value is -0.860. The lowest BCUT2D eigenvalue weighted by atomic mass is 9.82. The van der Waals surface area contributed by atoms with Crippen LogP contribution in [0.4, 0.5) is 0 Å². The monoisotopic (exact) mass is 232 g/mol. The Morgan fingerprint density at radius 3 is 2.59 bits per heavy atom. The summed E-state index contributed by atoms with van der Waals surface area (Å²) in [5, 5.41) is 3.58. The van der Waals surface area contributed by atoms with E-state index < -0.39 is 0 Å². The van der Waals surface area contributed by atoms with Crippen molar-refractivity contribution in [3.8, 4) is 0 Å². The summed E-state index contributed by atoms with van der Waals surface area (Å²) in [5.74, 6) is 0. The molecule has 1 fully saturated rings. The average molecular weight is 232 g/mol. The first-order chi connectivity index (χ1) is 8.13. The number of aryl methyl sites for hydroxylation is 1. The summed E-state index contributed by atoms with van der Waals surface area (Å²) in [4.78, 5) is 2.42. The molecule has 0 unspecified atom stereocenters. The van der Waals surface area contributed by atoms with E-state index in [1.165, 1.54) is 37.1 Å². The zero-order valence-corrected chi connectivity index (χ0v) is 11.3. The molecule has 0 saturated carbocycles. The highest BCUT2D eigenvalue weighted by Crippen LogP contribution is 2.25. The molecule has 0 atom stereocenters. The van der Waals surface area contributed by atoms with Crippen molar-refractivity contribution < 1.29 is 0 Å². The van der Waals surface area contributed by atoms with Crippen LogP contribution in [0.25, 0.3) is 0 Å². The van der Waals surface area contributed by atoms with E-state index in [1.807, 2.05) is 0 Å². The number of hydrogen-bond acceptors (Lipinski definition) is 2. The summed E-state index contributed by atoms with van der Waals surface area (Å²) in [6.07, 6.45) is 3.64. The summed E-state index contributed by atoms with van der Waals surface area (Å²) < 4.78 is 0. The zero-order chi connectivity index (χ0) is 12.3. The first-order valence-corrected chi connectivity index (χ1v) is 6.57. The molecule has 94 valence electrons. The Labute approximate surface area is 105 Å². The van der Waals surface area contributed by atoms with Gasteiger partial charge in [0.2, 0.25) is 0 Å². The molecule has 0 radical (unpaired) electrons. The van der Waals surface area contributed by atoms with Gasteiger partial charge in [0, 0.05) is 5.54 Å². The third-order valence-corrected chi connectivity index (χ3v) is 4.10. The number of nitrogens with zero attached hydrogens (tertiary/aromatic N) is 1. The first-order valence-electron chi connectivity index (χ1n) is 6.57. The highest BCUT2D eigenvalue weighted by Gasteiger charge is 2.31. The van der Waals surface area contributed by atoms with E-state index in [2.05, 4.69) is 55.5 Å². The minimum atomic E-state index is 0.306. The number of piperidine rings is 1. The Kier molecular flexibility index (Phi) is 3.85. The number of nitrogens with one attached hydrogen (secondary N) is 1. The predicted octanol–water partition coefficient (Wildman–Crippen LogP) is 2.22. The molecule has 0 aromatic heterocycles. The molecular formula is C15H24N2. The fourth-order valence-corrected chi connectivity index (χ4v) is 2.77. The molecule has 2 rings (SSSR count). The highest BCUT2D eigenvalue weighted by atomic mass is 15.1. The molecule has 1 aliphatic rings. The average Bonchev–Trinajstić information content (AvgIpc) is 2.33. The second kappa shape index (κ2) is 5.19. The molecule has 1 aliphatic heterocycles. The van der Waals surface area contributed by atoms with Gasteiger partial charge in [-0.2, -0.15) is 0 Å². The van der Waals surface area contributed by atoms with Crippen LogP contribution >= 0.6 is 0 Å². The minimum Gasteiger partial charge on any atom is -0.314 e. The third kappa shape index (κ3) is 3.08. The van der Waals surface area contributed by atoms with Gasteiger partial charge in [0.1, 0.15) is 0 Å². The Balaban J connectivity index is 2.09. The van der Waals surface area contributed by atoms with Crippen LogP contribution in [0.1, 0.15) is 24.0 Å². The van der Waals surface area contributed by atoms with Gasteiger partial charge in [-0.3, -0.25) is 0 Å². The van der Waals surface area contributed by atoms with Crippen LogP contribution in [0.2, 0.25) is 0 Å². The molecule has 1 N–H and O–H groups in total. The van der Waals surface area contributed by atoms with E-state index >= 15 is 0 Å². The Bertz CT molecular complexity index is 365. The Morgan fingerprint density at radius 1 is 1.29 bits per heavy atom. The largest absolute Gasteiger partial charge is 0.314 e. The second-order valence-corrected chi connectivity index (χ2v) is 5.50. The third-order valence-electron chi connectivity index (χ3n) is 4.10. The van der Waals surface area contributed by atoms with Crippen LogP contribution < -0.4 is 5.32 Å². The van der Waals surface area contributed by atoms with Crippen LogP contribution in [0.3, 0.4) is 0 Å². The van der Waals surface area contributed by atoms with Crippen molar-refractivity contribution in [3.63, 3.8) is 0 Å². The lowest BCUT2D eigenvalue weighted by Gasteiger charge is -2.41. The standard InChI is InChI=1S/C15H24N2/c1-13-5-4-6-14(11-13)12-15(16-2)7-9-17(3)10-8-15/h4-6,11,16H,7-10,12H2,1-3H3. The molecule has 0 aliphatic carbocycles. The van der Waals surface area contributed by atoms with Crippen molar-refractivity contribution in [2.75, 3.05) is 27.2 Å². The molecule has 17 heavy (non-hydrogen) atoms. The SMILES string of the molecule is CNC1(Cc2cccc(C)c2)CCN(C)CC1. The van der Waals surface area contributed by atoms with Gasteiger partial charge in [-0.15, -0.1) is 0 Å². The van der Waals surface area contributed by atoms with Gasteiger partial charge in [0.15, 0.2) is 0 Å². The van der Waals surface area contributed by atoms with Gasteiger partial charge in [-0.1, -0.05) is 29.8 Å². The van der Waals surface area contributed by atoms with Crippen LogP contribution in [0.15, 0.2) is 24.3 Å². The Morgan fingerprint density at radius 2 is 2.00 bits per heavy atom. The molecule has 1 heterocycles. The van der Waals surface area contributed by atoms with Crippen LogP contribution in [0, 0.1) is 6.92 Å². The summed E-state index contributed by atoms with van der Waals surface area (Å²) in [5.41, 5.74) is 3.13. The van der Waals surface area contributed by atoms with Crippen LogP contribution in [-0.4, -0.2) is 37.6 Å². The van der Waals surface area contributed by atoms with Gasteiger partial charge in [-0.25, -0.2) is 0 Å². The smallest absolute Gasteiger partial charge is 0.0243 e. The van der Waals surface area contributed by atoms with Gasteiger partial charge < -0.3 is 10.2 Å². The fraction of sp³-hybridized carbons (Fsp3) is 0.600.